The molecule has 0 saturated heterocycles. The number of allylic oxidation sites excluding steroid dienone is 4. The highest BCUT2D eigenvalue weighted by Crippen LogP contribution is 2.45. The van der Waals surface area contributed by atoms with Crippen LogP contribution < -0.4 is 10.3 Å². The summed E-state index contributed by atoms with van der Waals surface area (Å²) in [4.78, 5) is 3.90. The highest BCUT2D eigenvalue weighted by atomic mass is 32.1. The quantitative estimate of drug-likeness (QED) is 0.280. The topological polar surface area (TPSA) is 27.6 Å². The molecule has 1 aromatic heterocycles. The molecule has 1 heterocycles. The fraction of sp³-hybridized carbons (Fsp3) is 0.625. The van der Waals surface area contributed by atoms with Crippen molar-refractivity contribution in [3.63, 3.8) is 0 Å². The largest absolute Gasteiger partial charge is 0.342 e. The maximum absolute atomic E-state index is 3.95. The minimum atomic E-state index is 0.121. The lowest BCUT2D eigenvalue weighted by atomic mass is 9.83. The predicted octanol–water partition coefficient (Wildman–Crippen LogP) is 6.78. The summed E-state index contributed by atoms with van der Waals surface area (Å²) in [6.07, 6.45) is 7.24. The van der Waals surface area contributed by atoms with E-state index in [4.69, 9.17) is 0 Å². The lowest BCUT2D eigenvalue weighted by Gasteiger charge is -2.33. The SMILES string of the molecule is C=NNC(C)N(CC(C)C)c1sc(C)c(C)c1C(C)C1=CC=C(C(C)C)CC1. The fourth-order valence-corrected chi connectivity index (χ4v) is 5.40. The summed E-state index contributed by atoms with van der Waals surface area (Å²) in [6, 6.07) is 0. The van der Waals surface area contributed by atoms with Crippen LogP contribution in [-0.2, 0) is 0 Å². The molecular formula is C24H39N3S. The molecule has 1 aliphatic carbocycles. The Kier molecular flexibility index (Phi) is 7.94. The summed E-state index contributed by atoms with van der Waals surface area (Å²) in [7, 11) is 0. The average Bonchev–Trinajstić information content (AvgIpc) is 2.93. The van der Waals surface area contributed by atoms with E-state index >= 15 is 0 Å². The first-order valence-corrected chi connectivity index (χ1v) is 11.5. The molecule has 0 saturated carbocycles. The van der Waals surface area contributed by atoms with Gasteiger partial charge in [-0.1, -0.05) is 57.9 Å². The number of hydrogen-bond acceptors (Lipinski definition) is 4. The van der Waals surface area contributed by atoms with Crippen LogP contribution >= 0.6 is 11.3 Å². The Balaban J connectivity index is 2.46. The molecule has 1 aliphatic rings. The number of rotatable bonds is 9. The van der Waals surface area contributed by atoms with E-state index in [1.165, 1.54) is 33.8 Å². The fourth-order valence-electron chi connectivity index (χ4n) is 4.06. The molecule has 3 nitrogen and oxygen atoms in total. The second-order valence-corrected chi connectivity index (χ2v) is 10.1. The molecule has 2 rings (SSSR count). The highest BCUT2D eigenvalue weighted by Gasteiger charge is 2.27. The zero-order valence-corrected chi connectivity index (χ0v) is 19.9. The van der Waals surface area contributed by atoms with Crippen molar-refractivity contribution in [3.05, 3.63) is 39.3 Å². The Labute approximate surface area is 176 Å². The molecule has 0 amide bonds. The summed E-state index contributed by atoms with van der Waals surface area (Å²) in [6.45, 7) is 22.9. The van der Waals surface area contributed by atoms with Crippen molar-refractivity contribution in [3.8, 4) is 0 Å². The van der Waals surface area contributed by atoms with Crippen molar-refractivity contribution in [2.75, 3.05) is 11.4 Å². The van der Waals surface area contributed by atoms with Crippen molar-refractivity contribution in [1.29, 1.82) is 0 Å². The van der Waals surface area contributed by atoms with Crippen LogP contribution in [0.4, 0.5) is 5.00 Å². The van der Waals surface area contributed by atoms with Gasteiger partial charge in [-0.05, 0) is 56.6 Å². The lowest BCUT2D eigenvalue weighted by molar-refractivity contribution is 0.495. The number of hydrazone groups is 1. The summed E-state index contributed by atoms with van der Waals surface area (Å²) < 4.78 is 0. The van der Waals surface area contributed by atoms with E-state index in [2.05, 4.69) is 89.7 Å². The first-order chi connectivity index (χ1) is 13.2. The van der Waals surface area contributed by atoms with Gasteiger partial charge in [-0.25, -0.2) is 0 Å². The zero-order valence-electron chi connectivity index (χ0n) is 19.1. The standard InChI is InChI=1S/C24H39N3S/c1-15(2)14-27(20(8)26-25-9)24-23(17(5)19(7)28-24)18(6)22-12-10-21(11-13-22)16(3)4/h10,12,15-16,18,20,26H,9,11,13-14H2,1-8H3. The van der Waals surface area contributed by atoms with Crippen LogP contribution in [0.1, 0.15) is 76.3 Å². The number of anilines is 1. The Bertz CT molecular complexity index is 739. The minimum absolute atomic E-state index is 0.121. The molecule has 0 aromatic carbocycles. The van der Waals surface area contributed by atoms with Gasteiger partial charge < -0.3 is 4.90 Å². The molecule has 1 N–H and O–H groups in total. The molecule has 0 bridgehead atoms. The summed E-state index contributed by atoms with van der Waals surface area (Å²) >= 11 is 1.92. The van der Waals surface area contributed by atoms with Gasteiger partial charge in [-0.15, -0.1) is 11.3 Å². The first kappa shape index (κ1) is 22.7. The van der Waals surface area contributed by atoms with Crippen LogP contribution in [0, 0.1) is 25.7 Å². The number of nitrogens with zero attached hydrogens (tertiary/aromatic N) is 2. The predicted molar refractivity (Wildman–Crippen MR) is 127 cm³/mol. The molecule has 28 heavy (non-hydrogen) atoms. The van der Waals surface area contributed by atoms with Gasteiger partial charge in [-0.3, -0.25) is 5.43 Å². The number of nitrogens with one attached hydrogen (secondary N) is 1. The minimum Gasteiger partial charge on any atom is -0.342 e. The highest BCUT2D eigenvalue weighted by molar-refractivity contribution is 7.16. The lowest BCUT2D eigenvalue weighted by Crippen LogP contribution is -2.43. The van der Waals surface area contributed by atoms with Gasteiger partial charge in [0.2, 0.25) is 0 Å². The van der Waals surface area contributed by atoms with E-state index in [0.29, 0.717) is 17.8 Å². The third kappa shape index (κ3) is 5.08. The average molecular weight is 402 g/mol. The monoisotopic (exact) mass is 401 g/mol. The van der Waals surface area contributed by atoms with Gasteiger partial charge in [0.05, 0.1) is 5.00 Å². The van der Waals surface area contributed by atoms with Crippen LogP contribution in [-0.4, -0.2) is 19.4 Å². The molecule has 2 unspecified atom stereocenters. The number of thiophene rings is 1. The van der Waals surface area contributed by atoms with Crippen molar-refractivity contribution in [2.24, 2.45) is 16.9 Å². The van der Waals surface area contributed by atoms with E-state index in [0.717, 1.165) is 6.54 Å². The molecule has 2 atom stereocenters. The van der Waals surface area contributed by atoms with E-state index in [9.17, 15) is 0 Å². The molecule has 0 aliphatic heterocycles. The number of hydrogen-bond donors (Lipinski definition) is 1. The van der Waals surface area contributed by atoms with E-state index < -0.39 is 0 Å². The Morgan fingerprint density at radius 1 is 1.07 bits per heavy atom. The molecule has 0 spiro atoms. The van der Waals surface area contributed by atoms with E-state index in [1.54, 1.807) is 11.1 Å². The Morgan fingerprint density at radius 3 is 2.18 bits per heavy atom. The second kappa shape index (κ2) is 9.78. The maximum atomic E-state index is 3.95. The van der Waals surface area contributed by atoms with Gasteiger partial charge in [0.15, 0.2) is 0 Å². The van der Waals surface area contributed by atoms with Gasteiger partial charge in [0.1, 0.15) is 6.17 Å². The van der Waals surface area contributed by atoms with Crippen LogP contribution in [0.3, 0.4) is 0 Å². The molecule has 0 radical (unpaired) electrons. The summed E-state index contributed by atoms with van der Waals surface area (Å²) in [5.41, 5.74) is 9.23. The summed E-state index contributed by atoms with van der Waals surface area (Å²) in [5.74, 6) is 1.66. The van der Waals surface area contributed by atoms with Gasteiger partial charge >= 0.3 is 0 Å². The Morgan fingerprint density at radius 2 is 1.68 bits per heavy atom. The third-order valence-corrected chi connectivity index (χ3v) is 7.19. The first-order valence-electron chi connectivity index (χ1n) is 10.6. The van der Waals surface area contributed by atoms with Crippen molar-refractivity contribution in [2.45, 2.75) is 80.3 Å². The smallest absolute Gasteiger partial charge is 0.113 e. The second-order valence-electron chi connectivity index (χ2n) is 8.87. The number of aryl methyl sites for hydroxylation is 1. The van der Waals surface area contributed by atoms with Gasteiger partial charge in [0.25, 0.3) is 0 Å². The van der Waals surface area contributed by atoms with Crippen molar-refractivity contribution in [1.82, 2.24) is 5.43 Å². The van der Waals surface area contributed by atoms with Crippen molar-refractivity contribution < 1.29 is 0 Å². The molecule has 4 heteroatoms. The Hall–Kier alpha value is -1.55. The zero-order chi connectivity index (χ0) is 21.0. The van der Waals surface area contributed by atoms with E-state index in [1.807, 2.05) is 11.3 Å². The van der Waals surface area contributed by atoms with Gasteiger partial charge in [-0.2, -0.15) is 5.10 Å². The molecule has 156 valence electrons. The maximum Gasteiger partial charge on any atom is 0.113 e. The van der Waals surface area contributed by atoms with Crippen LogP contribution in [0.5, 0.6) is 0 Å². The third-order valence-electron chi connectivity index (χ3n) is 5.93. The van der Waals surface area contributed by atoms with Crippen LogP contribution in [0.25, 0.3) is 0 Å². The summed E-state index contributed by atoms with van der Waals surface area (Å²) in [5, 5.41) is 5.34. The van der Waals surface area contributed by atoms with Gasteiger partial charge in [0, 0.05) is 24.1 Å². The normalized spacial score (nSPS) is 16.6. The molecular weight excluding hydrogens is 362 g/mol. The van der Waals surface area contributed by atoms with Crippen LogP contribution in [0.15, 0.2) is 28.4 Å². The van der Waals surface area contributed by atoms with Crippen molar-refractivity contribution >= 4 is 23.1 Å². The van der Waals surface area contributed by atoms with Crippen LogP contribution in [0.2, 0.25) is 0 Å². The van der Waals surface area contributed by atoms with E-state index in [-0.39, 0.29) is 6.17 Å². The molecule has 1 aromatic rings. The molecule has 0 fully saturated rings.